The third-order valence-corrected chi connectivity index (χ3v) is 4.20. The molecule has 1 atom stereocenters. The highest BCUT2D eigenvalue weighted by Gasteiger charge is 2.33. The monoisotopic (exact) mass is 238 g/mol. The molecule has 2 fully saturated rings. The van der Waals surface area contributed by atoms with Crippen LogP contribution in [-0.4, -0.2) is 35.4 Å². The summed E-state index contributed by atoms with van der Waals surface area (Å²) in [6.07, 6.45) is 5.27. The number of rotatable bonds is 4. The van der Waals surface area contributed by atoms with Gasteiger partial charge in [-0.15, -0.1) is 10.2 Å². The summed E-state index contributed by atoms with van der Waals surface area (Å²) in [6, 6.07) is 1.39. The van der Waals surface area contributed by atoms with Gasteiger partial charge < -0.3 is 10.2 Å². The van der Waals surface area contributed by atoms with Gasteiger partial charge in [-0.3, -0.25) is 0 Å². The molecule has 5 heteroatoms. The maximum Gasteiger partial charge on any atom is 0.208 e. The highest BCUT2D eigenvalue weighted by Crippen LogP contribution is 2.33. The van der Waals surface area contributed by atoms with E-state index in [9.17, 15) is 0 Å². The summed E-state index contributed by atoms with van der Waals surface area (Å²) in [6.45, 7) is 4.32. The Morgan fingerprint density at radius 1 is 1.38 bits per heavy atom. The molecule has 2 heterocycles. The van der Waals surface area contributed by atoms with Gasteiger partial charge in [0.05, 0.1) is 0 Å². The van der Waals surface area contributed by atoms with E-state index in [1.807, 2.05) is 6.92 Å². The number of aromatic nitrogens is 2. The van der Waals surface area contributed by atoms with Gasteiger partial charge >= 0.3 is 0 Å². The fourth-order valence-corrected chi connectivity index (χ4v) is 3.09. The van der Waals surface area contributed by atoms with Crippen LogP contribution in [0.25, 0.3) is 0 Å². The molecule has 0 bridgehead atoms. The molecular formula is C11H18N4S. The van der Waals surface area contributed by atoms with Crippen molar-refractivity contribution in [3.8, 4) is 0 Å². The Balaban J connectivity index is 1.70. The van der Waals surface area contributed by atoms with Crippen LogP contribution < -0.4 is 10.2 Å². The summed E-state index contributed by atoms with van der Waals surface area (Å²) in [5.74, 6) is 0. The van der Waals surface area contributed by atoms with Crippen LogP contribution in [0.2, 0.25) is 0 Å². The lowest BCUT2D eigenvalue weighted by molar-refractivity contribution is 0.577. The van der Waals surface area contributed by atoms with Crippen LogP contribution in [0.5, 0.6) is 0 Å². The Morgan fingerprint density at radius 3 is 2.81 bits per heavy atom. The zero-order chi connectivity index (χ0) is 11.0. The second-order valence-electron chi connectivity index (χ2n) is 4.78. The molecule has 88 valence electrons. The van der Waals surface area contributed by atoms with Crippen LogP contribution in [0.15, 0.2) is 0 Å². The van der Waals surface area contributed by atoms with Crippen molar-refractivity contribution in [2.45, 2.75) is 44.7 Å². The third-order valence-electron chi connectivity index (χ3n) is 3.33. The van der Waals surface area contributed by atoms with Crippen molar-refractivity contribution < 1.29 is 0 Å². The molecule has 1 aliphatic heterocycles. The number of hydrogen-bond donors (Lipinski definition) is 1. The van der Waals surface area contributed by atoms with E-state index in [0.29, 0.717) is 6.04 Å². The zero-order valence-electron chi connectivity index (χ0n) is 9.65. The smallest absolute Gasteiger partial charge is 0.208 e. The maximum atomic E-state index is 4.29. The van der Waals surface area contributed by atoms with Gasteiger partial charge in [-0.25, -0.2) is 0 Å². The first-order valence-electron chi connectivity index (χ1n) is 6.13. The Labute approximate surface area is 100 Å². The molecule has 0 amide bonds. The molecule has 0 aromatic carbocycles. The van der Waals surface area contributed by atoms with E-state index in [0.717, 1.165) is 22.7 Å². The summed E-state index contributed by atoms with van der Waals surface area (Å²) >= 11 is 1.72. The molecule has 1 saturated carbocycles. The number of hydrogen-bond acceptors (Lipinski definition) is 5. The average Bonchev–Trinajstić information content (AvgIpc) is 2.81. The molecule has 3 rings (SSSR count). The molecule has 0 radical (unpaired) electrons. The molecule has 1 aliphatic carbocycles. The Kier molecular flexibility index (Phi) is 2.81. The first kappa shape index (κ1) is 10.5. The Bertz CT molecular complexity index is 355. The Hall–Kier alpha value is -0.680. The van der Waals surface area contributed by atoms with Crippen LogP contribution in [0.1, 0.15) is 30.7 Å². The average molecular weight is 238 g/mol. The second-order valence-corrected chi connectivity index (χ2v) is 5.94. The fourth-order valence-electron chi connectivity index (χ4n) is 2.32. The Morgan fingerprint density at radius 2 is 2.25 bits per heavy atom. The van der Waals surface area contributed by atoms with Crippen molar-refractivity contribution in [2.24, 2.45) is 0 Å². The van der Waals surface area contributed by atoms with Gasteiger partial charge in [-0.2, -0.15) is 0 Å². The molecule has 1 N–H and O–H groups in total. The molecule has 0 spiro atoms. The number of aryl methyl sites for hydroxylation is 1. The summed E-state index contributed by atoms with van der Waals surface area (Å²) < 4.78 is 0. The number of nitrogens with zero attached hydrogens (tertiary/aromatic N) is 3. The van der Waals surface area contributed by atoms with Crippen LogP contribution in [0.4, 0.5) is 5.13 Å². The summed E-state index contributed by atoms with van der Waals surface area (Å²) in [4.78, 5) is 2.47. The van der Waals surface area contributed by atoms with E-state index in [-0.39, 0.29) is 0 Å². The van der Waals surface area contributed by atoms with E-state index in [1.54, 1.807) is 11.3 Å². The SMILES string of the molecule is Cc1nnc(N(CC2CCCN2)C2CC2)s1. The minimum absolute atomic E-state index is 0.657. The molecule has 1 aromatic rings. The second kappa shape index (κ2) is 4.30. The largest absolute Gasteiger partial charge is 0.342 e. The number of nitrogens with one attached hydrogen (secondary N) is 1. The summed E-state index contributed by atoms with van der Waals surface area (Å²) in [5.41, 5.74) is 0. The van der Waals surface area contributed by atoms with E-state index in [1.165, 1.54) is 32.2 Å². The predicted octanol–water partition coefficient (Wildman–Crippen LogP) is 1.57. The van der Waals surface area contributed by atoms with Crippen LogP contribution in [0.3, 0.4) is 0 Å². The minimum Gasteiger partial charge on any atom is -0.342 e. The van der Waals surface area contributed by atoms with Crippen LogP contribution in [0, 0.1) is 6.92 Å². The molecule has 4 nitrogen and oxygen atoms in total. The highest BCUT2D eigenvalue weighted by atomic mass is 32.1. The van der Waals surface area contributed by atoms with Crippen molar-refractivity contribution in [1.29, 1.82) is 0 Å². The lowest BCUT2D eigenvalue weighted by Gasteiger charge is -2.24. The van der Waals surface area contributed by atoms with Crippen molar-refractivity contribution in [2.75, 3.05) is 18.0 Å². The van der Waals surface area contributed by atoms with Crippen LogP contribution >= 0.6 is 11.3 Å². The molecule has 1 unspecified atom stereocenters. The normalized spacial score (nSPS) is 24.9. The fraction of sp³-hybridized carbons (Fsp3) is 0.818. The predicted molar refractivity (Wildman–Crippen MR) is 66.0 cm³/mol. The summed E-state index contributed by atoms with van der Waals surface area (Å²) in [7, 11) is 0. The lowest BCUT2D eigenvalue weighted by Crippen LogP contribution is -2.38. The molecule has 1 aromatic heterocycles. The molecule has 16 heavy (non-hydrogen) atoms. The minimum atomic E-state index is 0.657. The van der Waals surface area contributed by atoms with Gasteiger partial charge in [0, 0.05) is 18.6 Å². The first-order chi connectivity index (χ1) is 7.83. The van der Waals surface area contributed by atoms with Crippen molar-refractivity contribution in [3.05, 3.63) is 5.01 Å². The van der Waals surface area contributed by atoms with Gasteiger partial charge in [-0.05, 0) is 39.2 Å². The highest BCUT2D eigenvalue weighted by molar-refractivity contribution is 7.15. The van der Waals surface area contributed by atoms with E-state index in [2.05, 4.69) is 20.4 Å². The van der Waals surface area contributed by atoms with Gasteiger partial charge in [0.1, 0.15) is 5.01 Å². The molecule has 2 aliphatic rings. The van der Waals surface area contributed by atoms with Crippen molar-refractivity contribution in [1.82, 2.24) is 15.5 Å². The molecular weight excluding hydrogens is 220 g/mol. The lowest BCUT2D eigenvalue weighted by atomic mass is 10.2. The van der Waals surface area contributed by atoms with Crippen molar-refractivity contribution >= 4 is 16.5 Å². The van der Waals surface area contributed by atoms with E-state index >= 15 is 0 Å². The first-order valence-corrected chi connectivity index (χ1v) is 6.95. The quantitative estimate of drug-likeness (QED) is 0.864. The molecule has 1 saturated heterocycles. The van der Waals surface area contributed by atoms with E-state index < -0.39 is 0 Å². The van der Waals surface area contributed by atoms with Crippen molar-refractivity contribution in [3.63, 3.8) is 0 Å². The summed E-state index contributed by atoms with van der Waals surface area (Å²) in [5, 5.41) is 14.2. The van der Waals surface area contributed by atoms with E-state index in [4.69, 9.17) is 0 Å². The number of anilines is 1. The topological polar surface area (TPSA) is 41.1 Å². The third kappa shape index (κ3) is 2.20. The zero-order valence-corrected chi connectivity index (χ0v) is 10.5. The van der Waals surface area contributed by atoms with Gasteiger partial charge in [0.25, 0.3) is 0 Å². The van der Waals surface area contributed by atoms with Gasteiger partial charge in [0.2, 0.25) is 5.13 Å². The maximum absolute atomic E-state index is 4.29. The van der Waals surface area contributed by atoms with Gasteiger partial charge in [0.15, 0.2) is 0 Å². The van der Waals surface area contributed by atoms with Crippen LogP contribution in [-0.2, 0) is 0 Å². The standard InChI is InChI=1S/C11H18N4S/c1-8-13-14-11(16-8)15(10-4-5-10)7-9-3-2-6-12-9/h9-10,12H,2-7H2,1H3. The van der Waals surface area contributed by atoms with Gasteiger partial charge in [-0.1, -0.05) is 11.3 Å².